The van der Waals surface area contributed by atoms with Crippen LogP contribution in [0.4, 0.5) is 4.39 Å². The van der Waals surface area contributed by atoms with Gasteiger partial charge in [0, 0.05) is 5.33 Å². The van der Waals surface area contributed by atoms with Crippen molar-refractivity contribution in [1.29, 1.82) is 0 Å². The molecule has 0 radical (unpaired) electrons. The Morgan fingerprint density at radius 2 is 2.40 bits per heavy atom. The molecule has 0 aromatic heterocycles. The van der Waals surface area contributed by atoms with E-state index in [1.54, 1.807) is 0 Å². The second kappa shape index (κ2) is 4.15. The van der Waals surface area contributed by atoms with Gasteiger partial charge in [0.2, 0.25) is 0 Å². The molecular formula is C3H4BrF. The summed E-state index contributed by atoms with van der Waals surface area (Å²) in [5.41, 5.74) is 0. The van der Waals surface area contributed by atoms with Crippen LogP contribution in [-0.2, 0) is 0 Å². The molecule has 0 saturated heterocycles. The molecule has 0 atom stereocenters. The molecule has 0 aliphatic carbocycles. The maximum atomic E-state index is 10.8. The minimum absolute atomic E-state index is 0.509. The molecule has 0 aliphatic heterocycles. The molecule has 0 aliphatic rings. The van der Waals surface area contributed by atoms with E-state index >= 15 is 0 Å². The molecule has 0 saturated carbocycles. The van der Waals surface area contributed by atoms with Crippen molar-refractivity contribution < 1.29 is 4.39 Å². The molecule has 5 heavy (non-hydrogen) atoms. The lowest BCUT2D eigenvalue weighted by atomic mass is 10.8. The summed E-state index contributed by atoms with van der Waals surface area (Å²) < 4.78 is 10.8. The van der Waals surface area contributed by atoms with E-state index in [4.69, 9.17) is 0 Å². The summed E-state index contributed by atoms with van der Waals surface area (Å²) in [6.45, 7) is 0. The van der Waals surface area contributed by atoms with Crippen LogP contribution in [0.2, 0.25) is 0 Å². The Bertz CT molecular complexity index is 33.9. The number of halogens is 2. The van der Waals surface area contributed by atoms with Crippen molar-refractivity contribution in [2.45, 2.75) is 0 Å². The van der Waals surface area contributed by atoms with Crippen molar-refractivity contribution in [1.82, 2.24) is 0 Å². The average Bonchev–Trinajstić information content (AvgIpc) is 1.41. The molecule has 0 amide bonds. The van der Waals surface area contributed by atoms with Gasteiger partial charge in [-0.2, -0.15) is 0 Å². The number of rotatable bonds is 1. The molecule has 0 heterocycles. The molecule has 30 valence electrons. The lowest BCUT2D eigenvalue weighted by Crippen LogP contribution is -1.48. The van der Waals surface area contributed by atoms with Crippen molar-refractivity contribution >= 4 is 15.9 Å². The van der Waals surface area contributed by atoms with E-state index in [1.165, 1.54) is 6.08 Å². The van der Waals surface area contributed by atoms with Crippen LogP contribution in [-0.4, -0.2) is 5.33 Å². The van der Waals surface area contributed by atoms with Crippen LogP contribution in [0.25, 0.3) is 0 Å². The Labute approximate surface area is 38.8 Å². The summed E-state index contributed by atoms with van der Waals surface area (Å²) in [4.78, 5) is 0. The minimum Gasteiger partial charge on any atom is -0.216 e. The largest absolute Gasteiger partial charge is 0.216 e. The standard InChI is InChI=1S/C3H4BrF/c4-2-1-3-5/h1,3H,2H2/b3-1-. The second-order valence-electron chi connectivity index (χ2n) is 0.516. The van der Waals surface area contributed by atoms with E-state index in [0.717, 1.165) is 0 Å². The van der Waals surface area contributed by atoms with Gasteiger partial charge in [0.25, 0.3) is 0 Å². The van der Waals surface area contributed by atoms with E-state index < -0.39 is 0 Å². The first kappa shape index (κ1) is 5.15. The van der Waals surface area contributed by atoms with Gasteiger partial charge in [-0.15, -0.1) is 0 Å². The Hall–Kier alpha value is 0.150. The Balaban J connectivity index is 2.62. The quantitative estimate of drug-likeness (QED) is 0.486. The fourth-order valence-corrected chi connectivity index (χ4v) is 0.175. The monoisotopic (exact) mass is 138 g/mol. The lowest BCUT2D eigenvalue weighted by Gasteiger charge is -1.60. The zero-order valence-electron chi connectivity index (χ0n) is 2.62. The maximum Gasteiger partial charge on any atom is 0.0835 e. The molecule has 0 bridgehead atoms. The molecule has 0 aromatic rings. The predicted octanol–water partition coefficient (Wildman–Crippen LogP) is 1.86. The van der Waals surface area contributed by atoms with Gasteiger partial charge in [-0.3, -0.25) is 0 Å². The third-order valence-electron chi connectivity index (χ3n) is 0.178. The van der Waals surface area contributed by atoms with E-state index in [0.29, 0.717) is 11.7 Å². The molecule has 0 rings (SSSR count). The zero-order valence-corrected chi connectivity index (χ0v) is 4.20. The van der Waals surface area contributed by atoms with Crippen LogP contribution in [0, 0.1) is 0 Å². The van der Waals surface area contributed by atoms with E-state index in [-0.39, 0.29) is 0 Å². The fourth-order valence-electron chi connectivity index (χ4n) is 0.0337. The molecule has 0 spiro atoms. The Kier molecular flexibility index (Phi) is 4.27. The summed E-state index contributed by atoms with van der Waals surface area (Å²) in [6.07, 6.45) is 1.88. The van der Waals surface area contributed by atoms with Crippen LogP contribution in [0.3, 0.4) is 0 Å². The number of alkyl halides is 1. The van der Waals surface area contributed by atoms with E-state index in [2.05, 4.69) is 15.9 Å². The average molecular weight is 139 g/mol. The fraction of sp³-hybridized carbons (Fsp3) is 0.333. The van der Waals surface area contributed by atoms with Gasteiger partial charge in [-0.25, -0.2) is 4.39 Å². The van der Waals surface area contributed by atoms with Gasteiger partial charge >= 0.3 is 0 Å². The summed E-state index contributed by atoms with van der Waals surface area (Å²) in [5, 5.41) is 0.601. The second-order valence-corrected chi connectivity index (χ2v) is 1.16. The van der Waals surface area contributed by atoms with Gasteiger partial charge in [-0.1, -0.05) is 15.9 Å². The number of allylic oxidation sites excluding steroid dienone is 1. The summed E-state index contributed by atoms with van der Waals surface area (Å²) in [5.74, 6) is 0. The molecule has 2 heteroatoms. The smallest absolute Gasteiger partial charge is 0.0835 e. The third-order valence-corrected chi connectivity index (χ3v) is 0.552. The summed E-state index contributed by atoms with van der Waals surface area (Å²) in [7, 11) is 0. The molecule has 0 unspecified atom stereocenters. The van der Waals surface area contributed by atoms with Crippen molar-refractivity contribution in [2.75, 3.05) is 5.33 Å². The van der Waals surface area contributed by atoms with Crippen molar-refractivity contribution in [3.8, 4) is 0 Å². The highest BCUT2D eigenvalue weighted by molar-refractivity contribution is 9.09. The van der Waals surface area contributed by atoms with Crippen molar-refractivity contribution in [3.05, 3.63) is 12.4 Å². The maximum absolute atomic E-state index is 10.8. The van der Waals surface area contributed by atoms with Gasteiger partial charge < -0.3 is 0 Å². The van der Waals surface area contributed by atoms with Crippen LogP contribution in [0.15, 0.2) is 12.4 Å². The highest BCUT2D eigenvalue weighted by Crippen LogP contribution is 1.79. The third kappa shape index (κ3) is 4.15. The molecule has 0 nitrogen and oxygen atoms in total. The predicted molar refractivity (Wildman–Crippen MR) is 24.0 cm³/mol. The number of hydrogen-bond acceptors (Lipinski definition) is 0. The van der Waals surface area contributed by atoms with E-state index in [1.807, 2.05) is 0 Å². The summed E-state index contributed by atoms with van der Waals surface area (Å²) in [6, 6.07) is 0. The molecule has 0 aromatic carbocycles. The van der Waals surface area contributed by atoms with Crippen LogP contribution >= 0.6 is 15.9 Å². The highest BCUT2D eigenvalue weighted by atomic mass is 79.9. The van der Waals surface area contributed by atoms with Crippen LogP contribution in [0.5, 0.6) is 0 Å². The first-order valence-corrected chi connectivity index (χ1v) is 2.35. The summed E-state index contributed by atoms with van der Waals surface area (Å²) >= 11 is 2.98. The lowest BCUT2D eigenvalue weighted by molar-refractivity contribution is 0.720. The zero-order chi connectivity index (χ0) is 4.12. The SMILES string of the molecule is F/C=C\CBr. The van der Waals surface area contributed by atoms with Crippen LogP contribution in [0.1, 0.15) is 0 Å². The van der Waals surface area contributed by atoms with Crippen molar-refractivity contribution in [3.63, 3.8) is 0 Å². The van der Waals surface area contributed by atoms with Gasteiger partial charge in [0.05, 0.1) is 6.33 Å². The van der Waals surface area contributed by atoms with Crippen LogP contribution < -0.4 is 0 Å². The Morgan fingerprint density at radius 1 is 1.80 bits per heavy atom. The molecule has 0 fully saturated rings. The van der Waals surface area contributed by atoms with Gasteiger partial charge in [0.15, 0.2) is 0 Å². The van der Waals surface area contributed by atoms with Gasteiger partial charge in [-0.05, 0) is 6.08 Å². The van der Waals surface area contributed by atoms with Crippen molar-refractivity contribution in [2.24, 2.45) is 0 Å². The molecule has 0 N–H and O–H groups in total. The van der Waals surface area contributed by atoms with Gasteiger partial charge in [0.1, 0.15) is 0 Å². The molecular weight excluding hydrogens is 135 g/mol. The first-order chi connectivity index (χ1) is 2.41. The highest BCUT2D eigenvalue weighted by Gasteiger charge is 1.57. The minimum atomic E-state index is 0.509. The van der Waals surface area contributed by atoms with E-state index in [9.17, 15) is 4.39 Å². The number of hydrogen-bond donors (Lipinski definition) is 0. The topological polar surface area (TPSA) is 0 Å². The Morgan fingerprint density at radius 3 is 2.40 bits per heavy atom. The first-order valence-electron chi connectivity index (χ1n) is 1.23. The normalized spacial score (nSPS) is 10.0.